The number of nitrogens with zero attached hydrogens (tertiary/aromatic N) is 1. The highest BCUT2D eigenvalue weighted by molar-refractivity contribution is 5.54. The summed E-state index contributed by atoms with van der Waals surface area (Å²) in [6.45, 7) is 4.20. The van der Waals surface area contributed by atoms with Gasteiger partial charge in [-0.2, -0.15) is 0 Å². The number of phenols is 1. The van der Waals surface area contributed by atoms with Crippen molar-refractivity contribution in [2.75, 3.05) is 18.0 Å². The van der Waals surface area contributed by atoms with Crippen molar-refractivity contribution in [2.45, 2.75) is 38.6 Å². The molecule has 0 heterocycles. The van der Waals surface area contributed by atoms with E-state index in [9.17, 15) is 5.11 Å². The van der Waals surface area contributed by atoms with Crippen LogP contribution in [0.25, 0.3) is 0 Å². The van der Waals surface area contributed by atoms with Crippen LogP contribution in [-0.4, -0.2) is 18.2 Å². The second-order valence-electron chi connectivity index (χ2n) is 6.32. The summed E-state index contributed by atoms with van der Waals surface area (Å²) in [7, 11) is 0. The zero-order chi connectivity index (χ0) is 13.4. The van der Waals surface area contributed by atoms with E-state index >= 15 is 0 Å². The van der Waals surface area contributed by atoms with E-state index in [1.54, 1.807) is 0 Å². The molecule has 0 amide bonds. The quantitative estimate of drug-likeness (QED) is 0.826. The Labute approximate surface area is 115 Å². The van der Waals surface area contributed by atoms with Gasteiger partial charge in [-0.05, 0) is 50.5 Å². The average molecular weight is 260 g/mol. The molecule has 3 N–H and O–H groups in total. The van der Waals surface area contributed by atoms with Crippen molar-refractivity contribution in [3.05, 3.63) is 23.8 Å². The van der Waals surface area contributed by atoms with Crippen LogP contribution in [0.1, 0.15) is 44.2 Å². The second kappa shape index (κ2) is 5.04. The molecule has 2 aliphatic carbocycles. The van der Waals surface area contributed by atoms with Crippen molar-refractivity contribution in [2.24, 2.45) is 17.6 Å². The highest BCUT2D eigenvalue weighted by Crippen LogP contribution is 2.37. The van der Waals surface area contributed by atoms with E-state index in [2.05, 4.69) is 11.0 Å². The number of phenolic OH excluding ortho intramolecular Hbond substituents is 1. The first-order valence-corrected chi connectivity index (χ1v) is 7.47. The topological polar surface area (TPSA) is 49.5 Å². The SMILES string of the molecule is CC(N)c1ccc(N(CC2CC2)CC2CC2)cc1O. The van der Waals surface area contributed by atoms with Crippen LogP contribution in [-0.2, 0) is 0 Å². The van der Waals surface area contributed by atoms with Gasteiger partial charge in [0.2, 0.25) is 0 Å². The zero-order valence-corrected chi connectivity index (χ0v) is 11.7. The van der Waals surface area contributed by atoms with E-state index in [-0.39, 0.29) is 6.04 Å². The fourth-order valence-corrected chi connectivity index (χ4v) is 2.62. The summed E-state index contributed by atoms with van der Waals surface area (Å²) in [4.78, 5) is 2.46. The number of benzene rings is 1. The second-order valence-corrected chi connectivity index (χ2v) is 6.32. The molecule has 0 bridgehead atoms. The third-order valence-corrected chi connectivity index (χ3v) is 4.22. The average Bonchev–Trinajstić information content (AvgIpc) is 3.22. The molecule has 0 saturated heterocycles. The van der Waals surface area contributed by atoms with Gasteiger partial charge in [-0.15, -0.1) is 0 Å². The lowest BCUT2D eigenvalue weighted by molar-refractivity contribution is 0.463. The van der Waals surface area contributed by atoms with Crippen LogP contribution < -0.4 is 10.6 Å². The Morgan fingerprint density at radius 3 is 2.21 bits per heavy atom. The Bertz CT molecular complexity index is 436. The van der Waals surface area contributed by atoms with Gasteiger partial charge in [-0.3, -0.25) is 0 Å². The van der Waals surface area contributed by atoms with Crippen molar-refractivity contribution >= 4 is 5.69 Å². The van der Waals surface area contributed by atoms with E-state index in [4.69, 9.17) is 5.73 Å². The highest BCUT2D eigenvalue weighted by atomic mass is 16.3. The molecule has 3 rings (SSSR count). The van der Waals surface area contributed by atoms with Crippen molar-refractivity contribution in [3.8, 4) is 5.75 Å². The normalized spacial score (nSPS) is 20.3. The van der Waals surface area contributed by atoms with Gasteiger partial charge in [-0.25, -0.2) is 0 Å². The third-order valence-electron chi connectivity index (χ3n) is 4.22. The molecule has 2 aliphatic rings. The lowest BCUT2D eigenvalue weighted by Gasteiger charge is -2.25. The van der Waals surface area contributed by atoms with E-state index in [1.165, 1.54) is 25.7 Å². The molecular weight excluding hydrogens is 236 g/mol. The maximum atomic E-state index is 10.1. The minimum atomic E-state index is -0.116. The summed E-state index contributed by atoms with van der Waals surface area (Å²) in [5.41, 5.74) is 7.84. The predicted molar refractivity (Wildman–Crippen MR) is 78.4 cm³/mol. The monoisotopic (exact) mass is 260 g/mol. The largest absolute Gasteiger partial charge is 0.508 e. The minimum absolute atomic E-state index is 0.116. The first kappa shape index (κ1) is 12.8. The maximum absolute atomic E-state index is 10.1. The molecule has 0 aromatic heterocycles. The van der Waals surface area contributed by atoms with Crippen LogP contribution in [0.3, 0.4) is 0 Å². The molecule has 0 aliphatic heterocycles. The Morgan fingerprint density at radius 1 is 1.21 bits per heavy atom. The lowest BCUT2D eigenvalue weighted by atomic mass is 10.1. The van der Waals surface area contributed by atoms with Crippen molar-refractivity contribution in [1.82, 2.24) is 0 Å². The summed E-state index contributed by atoms with van der Waals surface area (Å²) in [5.74, 6) is 2.08. The number of nitrogens with two attached hydrogens (primary N) is 1. The maximum Gasteiger partial charge on any atom is 0.122 e. The summed E-state index contributed by atoms with van der Waals surface area (Å²) < 4.78 is 0. The molecule has 1 aromatic rings. The molecular formula is C16H24N2O. The predicted octanol–water partition coefficient (Wildman–Crippen LogP) is 3.04. The summed E-state index contributed by atoms with van der Waals surface area (Å²) >= 11 is 0. The smallest absolute Gasteiger partial charge is 0.122 e. The van der Waals surface area contributed by atoms with Gasteiger partial charge in [0.15, 0.2) is 0 Å². The van der Waals surface area contributed by atoms with Gasteiger partial charge in [0.25, 0.3) is 0 Å². The number of rotatable bonds is 6. The minimum Gasteiger partial charge on any atom is -0.508 e. The van der Waals surface area contributed by atoms with Crippen LogP contribution in [0.4, 0.5) is 5.69 Å². The first-order chi connectivity index (χ1) is 9.13. The molecule has 1 atom stereocenters. The van der Waals surface area contributed by atoms with Gasteiger partial charge >= 0.3 is 0 Å². The Kier molecular flexibility index (Phi) is 3.40. The van der Waals surface area contributed by atoms with E-state index < -0.39 is 0 Å². The summed E-state index contributed by atoms with van der Waals surface area (Å²) in [5, 5.41) is 10.1. The van der Waals surface area contributed by atoms with Gasteiger partial charge in [0.05, 0.1) is 0 Å². The van der Waals surface area contributed by atoms with Crippen LogP contribution in [0.5, 0.6) is 5.75 Å². The lowest BCUT2D eigenvalue weighted by Crippen LogP contribution is -2.28. The van der Waals surface area contributed by atoms with Crippen molar-refractivity contribution in [1.29, 1.82) is 0 Å². The Morgan fingerprint density at radius 2 is 1.79 bits per heavy atom. The van der Waals surface area contributed by atoms with Gasteiger partial charge < -0.3 is 15.7 Å². The Balaban J connectivity index is 1.77. The fraction of sp³-hybridized carbons (Fsp3) is 0.625. The summed E-state index contributed by atoms with van der Waals surface area (Å²) in [6, 6.07) is 5.86. The number of hydrogen-bond acceptors (Lipinski definition) is 3. The van der Waals surface area contributed by atoms with Crippen LogP contribution in [0.2, 0.25) is 0 Å². The zero-order valence-electron chi connectivity index (χ0n) is 11.7. The molecule has 0 spiro atoms. The van der Waals surface area contributed by atoms with Crippen molar-refractivity contribution in [3.63, 3.8) is 0 Å². The fourth-order valence-electron chi connectivity index (χ4n) is 2.62. The number of aromatic hydroxyl groups is 1. The number of anilines is 1. The standard InChI is InChI=1S/C16H24N2O/c1-11(17)15-7-6-14(8-16(15)19)18(9-12-2-3-12)10-13-4-5-13/h6-8,11-13,19H,2-5,9-10,17H2,1H3. The molecule has 2 saturated carbocycles. The third kappa shape index (κ3) is 3.21. The van der Waals surface area contributed by atoms with Gasteiger partial charge in [0.1, 0.15) is 5.75 Å². The molecule has 2 fully saturated rings. The molecule has 3 nitrogen and oxygen atoms in total. The highest BCUT2D eigenvalue weighted by Gasteiger charge is 2.29. The number of hydrogen-bond donors (Lipinski definition) is 2. The summed E-state index contributed by atoms with van der Waals surface area (Å²) in [6.07, 6.45) is 5.46. The molecule has 104 valence electrons. The first-order valence-electron chi connectivity index (χ1n) is 7.47. The molecule has 1 unspecified atom stereocenters. The van der Waals surface area contributed by atoms with Crippen LogP contribution in [0, 0.1) is 11.8 Å². The Hall–Kier alpha value is -1.22. The molecule has 19 heavy (non-hydrogen) atoms. The van der Waals surface area contributed by atoms with Crippen LogP contribution >= 0.6 is 0 Å². The van der Waals surface area contributed by atoms with Gasteiger partial charge in [0, 0.05) is 36.4 Å². The van der Waals surface area contributed by atoms with E-state index in [1.807, 2.05) is 19.1 Å². The van der Waals surface area contributed by atoms with Gasteiger partial charge in [-0.1, -0.05) is 6.07 Å². The molecule has 1 aromatic carbocycles. The molecule has 0 radical (unpaired) electrons. The van der Waals surface area contributed by atoms with E-state index in [0.29, 0.717) is 5.75 Å². The van der Waals surface area contributed by atoms with Crippen molar-refractivity contribution < 1.29 is 5.11 Å². The molecule has 3 heteroatoms. The van der Waals surface area contributed by atoms with Crippen LogP contribution in [0.15, 0.2) is 18.2 Å². The van der Waals surface area contributed by atoms with E-state index in [0.717, 1.165) is 36.2 Å².